The molecule has 0 radical (unpaired) electrons. The van der Waals surface area contributed by atoms with Crippen LogP contribution in [0.1, 0.15) is 30.7 Å². The molecule has 2 aliphatic carbocycles. The number of hydrogen-bond donors (Lipinski definition) is 0. The van der Waals surface area contributed by atoms with Crippen LogP contribution in [-0.4, -0.2) is 18.9 Å². The zero-order chi connectivity index (χ0) is 16.6. The molecule has 0 saturated heterocycles. The van der Waals surface area contributed by atoms with Crippen molar-refractivity contribution >= 4 is 35.0 Å². The van der Waals surface area contributed by atoms with E-state index in [9.17, 15) is 9.59 Å². The van der Waals surface area contributed by atoms with Crippen molar-refractivity contribution in [1.29, 1.82) is 0 Å². The van der Waals surface area contributed by atoms with Gasteiger partial charge in [0.25, 0.3) is 0 Å². The lowest BCUT2D eigenvalue weighted by atomic mass is 9.70. The van der Waals surface area contributed by atoms with E-state index in [0.29, 0.717) is 22.0 Å². The number of benzene rings is 1. The maximum Gasteiger partial charge on any atom is 0.333 e. The molecule has 0 aromatic heterocycles. The first-order valence-electron chi connectivity index (χ1n) is 7.49. The van der Waals surface area contributed by atoms with Crippen LogP contribution in [0.15, 0.2) is 41.5 Å². The summed E-state index contributed by atoms with van der Waals surface area (Å²) in [4.78, 5) is 24.5. The van der Waals surface area contributed by atoms with Gasteiger partial charge in [0.05, 0.1) is 7.11 Å². The summed E-state index contributed by atoms with van der Waals surface area (Å²) in [6, 6.07) is 5.25. The Morgan fingerprint density at radius 3 is 2.70 bits per heavy atom. The van der Waals surface area contributed by atoms with Gasteiger partial charge < -0.3 is 4.74 Å². The van der Waals surface area contributed by atoms with Crippen molar-refractivity contribution < 1.29 is 14.3 Å². The average molecular weight is 351 g/mol. The summed E-state index contributed by atoms with van der Waals surface area (Å²) in [5.41, 5.74) is 2.22. The molecule has 1 fully saturated rings. The first kappa shape index (κ1) is 16.3. The monoisotopic (exact) mass is 350 g/mol. The number of Topliss-reactive ketones (excluding diaryl/α,β-unsaturated/α-hetero) is 1. The summed E-state index contributed by atoms with van der Waals surface area (Å²) in [6.45, 7) is 0. The molecule has 0 amide bonds. The van der Waals surface area contributed by atoms with Gasteiger partial charge in [0.2, 0.25) is 0 Å². The Kier molecular flexibility index (Phi) is 4.60. The van der Waals surface area contributed by atoms with E-state index < -0.39 is 0 Å². The van der Waals surface area contributed by atoms with Crippen LogP contribution in [0, 0.1) is 5.92 Å². The van der Waals surface area contributed by atoms with Crippen molar-refractivity contribution in [2.24, 2.45) is 5.92 Å². The predicted molar refractivity (Wildman–Crippen MR) is 89.7 cm³/mol. The molecule has 0 heterocycles. The average Bonchev–Trinajstić information content (AvgIpc) is 2.55. The number of hydrogen-bond acceptors (Lipinski definition) is 3. The molecule has 3 nitrogen and oxygen atoms in total. The van der Waals surface area contributed by atoms with Gasteiger partial charge in [0.1, 0.15) is 0 Å². The Morgan fingerprint density at radius 1 is 1.22 bits per heavy atom. The van der Waals surface area contributed by atoms with E-state index in [1.807, 2.05) is 6.07 Å². The lowest BCUT2D eigenvalue weighted by molar-refractivity contribution is -0.136. The minimum absolute atomic E-state index is 0.0870. The highest BCUT2D eigenvalue weighted by atomic mass is 35.5. The third kappa shape index (κ3) is 3.08. The summed E-state index contributed by atoms with van der Waals surface area (Å²) in [5, 5.41) is 1.08. The minimum atomic E-state index is -0.324. The van der Waals surface area contributed by atoms with Crippen molar-refractivity contribution in [3.8, 4) is 0 Å². The summed E-state index contributed by atoms with van der Waals surface area (Å²) < 4.78 is 4.76. The van der Waals surface area contributed by atoms with Gasteiger partial charge in [-0.25, -0.2) is 4.79 Å². The molecule has 1 saturated carbocycles. The molecular formula is C18H16Cl2O3. The fraction of sp³-hybridized carbons (Fsp3) is 0.333. The van der Waals surface area contributed by atoms with Crippen molar-refractivity contribution in [2.45, 2.75) is 25.2 Å². The van der Waals surface area contributed by atoms with Gasteiger partial charge in [0, 0.05) is 21.5 Å². The molecule has 1 aromatic rings. The molecule has 2 unspecified atom stereocenters. The van der Waals surface area contributed by atoms with Gasteiger partial charge in [-0.15, -0.1) is 0 Å². The van der Waals surface area contributed by atoms with Crippen LogP contribution in [0.25, 0.3) is 0 Å². The molecule has 2 aliphatic rings. The quantitative estimate of drug-likeness (QED) is 0.738. The standard InChI is InChI=1S/C18H16Cl2O3/c1-23-18(22)11-3-5-13-10(8-11)2-6-15(17(13)21)14-7-4-12(19)9-16(14)20/h3-5,7,9-10,15H,2,6,8H2,1H3. The number of allylic oxidation sites excluding steroid dienone is 3. The first-order valence-corrected chi connectivity index (χ1v) is 8.25. The molecule has 2 atom stereocenters. The molecule has 3 rings (SSSR count). The Morgan fingerprint density at radius 2 is 2.00 bits per heavy atom. The highest BCUT2D eigenvalue weighted by Crippen LogP contribution is 2.43. The third-order valence-corrected chi connectivity index (χ3v) is 5.12. The highest BCUT2D eigenvalue weighted by molar-refractivity contribution is 6.35. The normalized spacial score (nSPS) is 23.7. The van der Waals surface area contributed by atoms with Crippen molar-refractivity contribution in [3.05, 3.63) is 57.1 Å². The maximum atomic E-state index is 12.8. The fourth-order valence-electron chi connectivity index (χ4n) is 3.37. The molecule has 5 heteroatoms. The van der Waals surface area contributed by atoms with Gasteiger partial charge in [-0.3, -0.25) is 4.79 Å². The number of ether oxygens (including phenoxy) is 1. The van der Waals surface area contributed by atoms with Crippen molar-refractivity contribution in [3.63, 3.8) is 0 Å². The molecule has 120 valence electrons. The van der Waals surface area contributed by atoms with Crippen LogP contribution in [0.5, 0.6) is 0 Å². The number of methoxy groups -OCH3 is 1. The van der Waals surface area contributed by atoms with E-state index in [-0.39, 0.29) is 23.6 Å². The van der Waals surface area contributed by atoms with E-state index in [1.54, 1.807) is 24.3 Å². The number of carbonyl (C=O) groups excluding carboxylic acids is 2. The molecule has 0 aliphatic heterocycles. The summed E-state index contributed by atoms with van der Waals surface area (Å²) in [5.74, 6) is -0.388. The number of esters is 1. The predicted octanol–water partition coefficient (Wildman–Crippen LogP) is 4.49. The number of carbonyl (C=O) groups is 2. The lowest BCUT2D eigenvalue weighted by Gasteiger charge is -2.32. The Labute approximate surface area is 144 Å². The summed E-state index contributed by atoms with van der Waals surface area (Å²) in [6.07, 6.45) is 5.58. The zero-order valence-corrected chi connectivity index (χ0v) is 14.2. The van der Waals surface area contributed by atoms with Gasteiger partial charge in [0.15, 0.2) is 5.78 Å². The van der Waals surface area contributed by atoms with Crippen LogP contribution < -0.4 is 0 Å². The van der Waals surface area contributed by atoms with E-state index in [0.717, 1.165) is 24.0 Å². The van der Waals surface area contributed by atoms with Gasteiger partial charge in [-0.2, -0.15) is 0 Å². The topological polar surface area (TPSA) is 43.4 Å². The SMILES string of the molecule is COC(=O)C1=CC=C2C(=O)C(c3ccc(Cl)cc3Cl)CCC2C1. The Bertz CT molecular complexity index is 734. The van der Waals surface area contributed by atoms with Crippen LogP contribution in [-0.2, 0) is 14.3 Å². The molecule has 1 aromatic carbocycles. The van der Waals surface area contributed by atoms with Crippen LogP contribution in [0.3, 0.4) is 0 Å². The second-order valence-corrected chi connectivity index (χ2v) is 6.71. The molecule has 0 spiro atoms. The van der Waals surface area contributed by atoms with Crippen LogP contribution >= 0.6 is 23.2 Å². The molecule has 23 heavy (non-hydrogen) atoms. The Hall–Kier alpha value is -1.58. The molecule has 0 bridgehead atoms. The summed E-state index contributed by atoms with van der Waals surface area (Å²) in [7, 11) is 1.37. The van der Waals surface area contributed by atoms with Gasteiger partial charge >= 0.3 is 5.97 Å². The number of rotatable bonds is 2. The van der Waals surface area contributed by atoms with Crippen LogP contribution in [0.2, 0.25) is 10.0 Å². The second-order valence-electron chi connectivity index (χ2n) is 5.87. The van der Waals surface area contributed by atoms with Crippen molar-refractivity contribution in [2.75, 3.05) is 7.11 Å². The summed E-state index contributed by atoms with van der Waals surface area (Å²) >= 11 is 12.2. The molecule has 0 N–H and O–H groups in total. The van der Waals surface area contributed by atoms with E-state index >= 15 is 0 Å². The highest BCUT2D eigenvalue weighted by Gasteiger charge is 2.37. The minimum Gasteiger partial charge on any atom is -0.466 e. The third-order valence-electron chi connectivity index (χ3n) is 4.56. The lowest BCUT2D eigenvalue weighted by Crippen LogP contribution is -2.29. The largest absolute Gasteiger partial charge is 0.466 e. The van der Waals surface area contributed by atoms with E-state index in [2.05, 4.69) is 0 Å². The maximum absolute atomic E-state index is 12.8. The van der Waals surface area contributed by atoms with E-state index in [1.165, 1.54) is 7.11 Å². The first-order chi connectivity index (χ1) is 11.0. The van der Waals surface area contributed by atoms with Crippen molar-refractivity contribution in [1.82, 2.24) is 0 Å². The number of fused-ring (bicyclic) bond motifs is 1. The number of halogens is 2. The Balaban J connectivity index is 1.90. The zero-order valence-electron chi connectivity index (χ0n) is 12.6. The van der Waals surface area contributed by atoms with Crippen LogP contribution in [0.4, 0.5) is 0 Å². The number of ketones is 1. The van der Waals surface area contributed by atoms with E-state index in [4.69, 9.17) is 27.9 Å². The van der Waals surface area contributed by atoms with Gasteiger partial charge in [-0.05, 0) is 48.4 Å². The fourth-order valence-corrected chi connectivity index (χ4v) is 3.91. The second kappa shape index (κ2) is 6.50. The molecular weight excluding hydrogens is 335 g/mol. The smallest absolute Gasteiger partial charge is 0.333 e. The van der Waals surface area contributed by atoms with Gasteiger partial charge in [-0.1, -0.05) is 41.4 Å².